The molecule has 0 aliphatic heterocycles. The highest BCUT2D eigenvalue weighted by Crippen LogP contribution is 2.24. The van der Waals surface area contributed by atoms with Crippen molar-refractivity contribution >= 4 is 33.0 Å². The van der Waals surface area contributed by atoms with Crippen LogP contribution in [0, 0.1) is 0 Å². The van der Waals surface area contributed by atoms with Gasteiger partial charge in [0, 0.05) is 18.1 Å². The molecule has 3 nitrogen and oxygen atoms in total. The molecule has 3 rings (SSSR count). The molecule has 0 saturated carbocycles. The lowest BCUT2D eigenvalue weighted by Gasteiger charge is -2.15. The van der Waals surface area contributed by atoms with E-state index in [4.69, 9.17) is 4.42 Å². The zero-order valence-electron chi connectivity index (χ0n) is 10.5. The van der Waals surface area contributed by atoms with Crippen LogP contribution in [-0.2, 0) is 6.54 Å². The molecule has 96 valence electrons. The van der Waals surface area contributed by atoms with E-state index in [0.717, 1.165) is 22.1 Å². The number of hydrogen-bond donors (Lipinski definition) is 0. The minimum absolute atomic E-state index is 0.636. The van der Waals surface area contributed by atoms with Crippen LogP contribution in [0.15, 0.2) is 57.4 Å². The molecule has 2 aromatic carbocycles. The summed E-state index contributed by atoms with van der Waals surface area (Å²) in [6.45, 7) is 0.744. The van der Waals surface area contributed by atoms with Crippen LogP contribution in [0.4, 0.5) is 6.01 Å². The van der Waals surface area contributed by atoms with Crippen LogP contribution in [0.25, 0.3) is 11.1 Å². The monoisotopic (exact) mass is 316 g/mol. The van der Waals surface area contributed by atoms with Crippen molar-refractivity contribution in [1.29, 1.82) is 0 Å². The van der Waals surface area contributed by atoms with Gasteiger partial charge in [0.1, 0.15) is 5.52 Å². The van der Waals surface area contributed by atoms with E-state index < -0.39 is 0 Å². The van der Waals surface area contributed by atoms with Gasteiger partial charge in [-0.05, 0) is 23.8 Å². The van der Waals surface area contributed by atoms with Crippen molar-refractivity contribution in [3.63, 3.8) is 0 Å². The summed E-state index contributed by atoms with van der Waals surface area (Å²) in [6.07, 6.45) is 0. The number of rotatable bonds is 3. The minimum Gasteiger partial charge on any atom is -0.423 e. The Bertz CT molecular complexity index is 675. The lowest BCUT2D eigenvalue weighted by atomic mass is 10.2. The van der Waals surface area contributed by atoms with Gasteiger partial charge < -0.3 is 9.32 Å². The fourth-order valence-electron chi connectivity index (χ4n) is 1.97. The predicted molar refractivity (Wildman–Crippen MR) is 80.3 cm³/mol. The van der Waals surface area contributed by atoms with E-state index in [2.05, 4.69) is 27.0 Å². The molecule has 0 saturated heterocycles. The second kappa shape index (κ2) is 5.05. The normalized spacial score (nSPS) is 10.8. The third-order valence-corrected chi connectivity index (χ3v) is 3.75. The first kappa shape index (κ1) is 12.2. The van der Waals surface area contributed by atoms with E-state index in [1.807, 2.05) is 54.4 Å². The molecule has 0 atom stereocenters. The number of para-hydroxylation sites is 2. The smallest absolute Gasteiger partial charge is 0.298 e. The van der Waals surface area contributed by atoms with Crippen LogP contribution in [0.2, 0.25) is 0 Å². The van der Waals surface area contributed by atoms with Crippen molar-refractivity contribution in [2.24, 2.45) is 0 Å². The largest absolute Gasteiger partial charge is 0.423 e. The van der Waals surface area contributed by atoms with E-state index in [1.54, 1.807) is 0 Å². The summed E-state index contributed by atoms with van der Waals surface area (Å²) in [4.78, 5) is 6.48. The molecule has 0 bridgehead atoms. The molecule has 0 radical (unpaired) electrons. The van der Waals surface area contributed by atoms with Crippen LogP contribution in [-0.4, -0.2) is 12.0 Å². The van der Waals surface area contributed by atoms with Gasteiger partial charge in [0.05, 0.1) is 0 Å². The summed E-state index contributed by atoms with van der Waals surface area (Å²) in [5.74, 6) is 0. The van der Waals surface area contributed by atoms with Crippen molar-refractivity contribution in [3.8, 4) is 0 Å². The van der Waals surface area contributed by atoms with Gasteiger partial charge in [-0.15, -0.1) is 0 Å². The Balaban J connectivity index is 1.87. The van der Waals surface area contributed by atoms with Crippen molar-refractivity contribution in [1.82, 2.24) is 4.98 Å². The van der Waals surface area contributed by atoms with E-state index in [1.165, 1.54) is 5.56 Å². The fourth-order valence-corrected chi connectivity index (χ4v) is 2.38. The van der Waals surface area contributed by atoms with Crippen molar-refractivity contribution in [3.05, 3.63) is 58.6 Å². The first-order valence-electron chi connectivity index (χ1n) is 6.04. The van der Waals surface area contributed by atoms with Crippen LogP contribution >= 0.6 is 15.9 Å². The van der Waals surface area contributed by atoms with E-state index in [9.17, 15) is 0 Å². The molecule has 0 fully saturated rings. The second-order valence-electron chi connectivity index (χ2n) is 4.41. The standard InChI is InChI=1S/C15H13BrN2O/c1-18(10-11-6-2-3-7-12(11)16)15-17-13-8-4-5-9-14(13)19-15/h2-9H,10H2,1H3. The molecule has 0 amide bonds. The Morgan fingerprint density at radius 3 is 2.63 bits per heavy atom. The summed E-state index contributed by atoms with van der Waals surface area (Å²) in [5.41, 5.74) is 2.90. The maximum Gasteiger partial charge on any atom is 0.298 e. The molecule has 1 heterocycles. The van der Waals surface area contributed by atoms with Crippen molar-refractivity contribution in [2.45, 2.75) is 6.54 Å². The average Bonchev–Trinajstić information content (AvgIpc) is 2.85. The molecule has 3 aromatic rings. The molecular weight excluding hydrogens is 304 g/mol. The summed E-state index contributed by atoms with van der Waals surface area (Å²) >= 11 is 3.55. The van der Waals surface area contributed by atoms with Gasteiger partial charge in [0.2, 0.25) is 0 Å². The Morgan fingerprint density at radius 1 is 1.11 bits per heavy atom. The van der Waals surface area contributed by atoms with Gasteiger partial charge in [0.25, 0.3) is 6.01 Å². The van der Waals surface area contributed by atoms with Crippen LogP contribution in [0.1, 0.15) is 5.56 Å². The lowest BCUT2D eigenvalue weighted by Crippen LogP contribution is -2.16. The SMILES string of the molecule is CN(Cc1ccccc1Br)c1nc2ccccc2o1. The summed E-state index contributed by atoms with van der Waals surface area (Å²) in [6, 6.07) is 16.6. The highest BCUT2D eigenvalue weighted by Gasteiger charge is 2.11. The third-order valence-electron chi connectivity index (χ3n) is 2.97. The maximum absolute atomic E-state index is 5.74. The Labute approximate surface area is 120 Å². The first-order valence-corrected chi connectivity index (χ1v) is 6.83. The summed E-state index contributed by atoms with van der Waals surface area (Å²) < 4.78 is 6.84. The fraction of sp³-hybridized carbons (Fsp3) is 0.133. The second-order valence-corrected chi connectivity index (χ2v) is 5.27. The zero-order chi connectivity index (χ0) is 13.2. The van der Waals surface area contributed by atoms with E-state index in [-0.39, 0.29) is 0 Å². The number of aromatic nitrogens is 1. The average molecular weight is 317 g/mol. The van der Waals surface area contributed by atoms with Crippen LogP contribution < -0.4 is 4.90 Å². The molecular formula is C15H13BrN2O. The molecule has 0 spiro atoms. The molecule has 1 aromatic heterocycles. The van der Waals surface area contributed by atoms with Crippen LogP contribution in [0.5, 0.6) is 0 Å². The summed E-state index contributed by atoms with van der Waals surface area (Å²) in [7, 11) is 1.98. The molecule has 0 unspecified atom stereocenters. The van der Waals surface area contributed by atoms with Gasteiger partial charge in [-0.3, -0.25) is 0 Å². The number of hydrogen-bond acceptors (Lipinski definition) is 3. The highest BCUT2D eigenvalue weighted by molar-refractivity contribution is 9.10. The molecule has 4 heteroatoms. The zero-order valence-corrected chi connectivity index (χ0v) is 12.1. The number of halogens is 1. The molecule has 0 N–H and O–H groups in total. The van der Waals surface area contributed by atoms with Crippen LogP contribution in [0.3, 0.4) is 0 Å². The molecule has 19 heavy (non-hydrogen) atoms. The van der Waals surface area contributed by atoms with Crippen molar-refractivity contribution in [2.75, 3.05) is 11.9 Å². The number of nitrogens with zero attached hydrogens (tertiary/aromatic N) is 2. The molecule has 0 aliphatic rings. The lowest BCUT2D eigenvalue weighted by molar-refractivity contribution is 0.582. The number of benzene rings is 2. The number of anilines is 1. The van der Waals surface area contributed by atoms with E-state index in [0.29, 0.717) is 6.01 Å². The van der Waals surface area contributed by atoms with Crippen molar-refractivity contribution < 1.29 is 4.42 Å². The van der Waals surface area contributed by atoms with Gasteiger partial charge in [-0.2, -0.15) is 4.98 Å². The first-order chi connectivity index (χ1) is 9.24. The predicted octanol–water partition coefficient (Wildman–Crippen LogP) is 4.23. The van der Waals surface area contributed by atoms with Gasteiger partial charge in [-0.1, -0.05) is 46.3 Å². The van der Waals surface area contributed by atoms with Gasteiger partial charge >= 0.3 is 0 Å². The Hall–Kier alpha value is -1.81. The Kier molecular flexibility index (Phi) is 3.25. The number of oxazole rings is 1. The maximum atomic E-state index is 5.74. The van der Waals surface area contributed by atoms with Gasteiger partial charge in [0.15, 0.2) is 5.58 Å². The summed E-state index contributed by atoms with van der Waals surface area (Å²) in [5, 5.41) is 0. The molecule has 0 aliphatic carbocycles. The third kappa shape index (κ3) is 2.49. The number of fused-ring (bicyclic) bond motifs is 1. The minimum atomic E-state index is 0.636. The topological polar surface area (TPSA) is 29.3 Å². The highest BCUT2D eigenvalue weighted by atomic mass is 79.9. The Morgan fingerprint density at radius 2 is 1.84 bits per heavy atom. The quantitative estimate of drug-likeness (QED) is 0.724. The van der Waals surface area contributed by atoms with Gasteiger partial charge in [-0.25, -0.2) is 0 Å². The van der Waals surface area contributed by atoms with E-state index >= 15 is 0 Å².